The van der Waals surface area contributed by atoms with Gasteiger partial charge in [-0.3, -0.25) is 14.4 Å². The highest BCUT2D eigenvalue weighted by atomic mass is 79.9. The van der Waals surface area contributed by atoms with E-state index < -0.39 is 11.9 Å². The summed E-state index contributed by atoms with van der Waals surface area (Å²) in [6.45, 7) is 8.56. The van der Waals surface area contributed by atoms with Crippen molar-refractivity contribution < 1.29 is 24.2 Å². The van der Waals surface area contributed by atoms with E-state index in [1.54, 1.807) is 0 Å². The normalized spacial score (nSPS) is 20.9. The molecule has 3 aliphatic rings. The van der Waals surface area contributed by atoms with Crippen LogP contribution < -0.4 is 4.74 Å². The summed E-state index contributed by atoms with van der Waals surface area (Å²) in [5, 5.41) is 9.50. The summed E-state index contributed by atoms with van der Waals surface area (Å²) in [5.41, 5.74) is 3.14. The topological polar surface area (TPSA) is 83.9 Å². The van der Waals surface area contributed by atoms with E-state index in [1.165, 1.54) is 0 Å². The van der Waals surface area contributed by atoms with E-state index in [4.69, 9.17) is 11.2 Å². The van der Waals surface area contributed by atoms with Crippen molar-refractivity contribution >= 4 is 49.4 Å². The lowest BCUT2D eigenvalue weighted by molar-refractivity contribution is -0.137. The zero-order valence-electron chi connectivity index (χ0n) is 21.5. The summed E-state index contributed by atoms with van der Waals surface area (Å²) >= 11 is 7.18. The van der Waals surface area contributed by atoms with Crippen molar-refractivity contribution in [1.29, 1.82) is 0 Å². The number of benzene rings is 1. The highest BCUT2D eigenvalue weighted by Gasteiger charge is 2.49. The van der Waals surface area contributed by atoms with Gasteiger partial charge in [0.05, 0.1) is 15.4 Å². The number of ketones is 2. The molecular formula is C29H31Br2NO5. The molecule has 8 heteroatoms. The van der Waals surface area contributed by atoms with E-state index >= 15 is 0 Å². The van der Waals surface area contributed by atoms with Gasteiger partial charge in [0.1, 0.15) is 12.4 Å². The molecule has 2 aliphatic carbocycles. The first kappa shape index (κ1) is 27.7. The number of allylic oxidation sites excluding steroid dienone is 4. The second-order valence-corrected chi connectivity index (χ2v) is 13.3. The van der Waals surface area contributed by atoms with Crippen LogP contribution in [0.3, 0.4) is 0 Å². The summed E-state index contributed by atoms with van der Waals surface area (Å²) in [7, 11) is 0. The van der Waals surface area contributed by atoms with Crippen LogP contribution in [0.15, 0.2) is 43.6 Å². The third-order valence-electron chi connectivity index (χ3n) is 7.22. The summed E-state index contributed by atoms with van der Waals surface area (Å²) < 4.78 is 7.02. The molecule has 1 N–H and O–H groups in total. The minimum atomic E-state index is -0.912. The SMILES string of the molecule is C#CCOc1c(Br)cc(C2C3=C(CC(C)(C)CC3=O)N(CCC(=O)O)C3=C2C(=O)CC(C)(C)C3)cc1Br. The van der Waals surface area contributed by atoms with Crippen LogP contribution in [0.1, 0.15) is 71.3 Å². The number of carboxylic acid groups (broad SMARTS) is 1. The third-order valence-corrected chi connectivity index (χ3v) is 8.40. The summed E-state index contributed by atoms with van der Waals surface area (Å²) in [6.07, 6.45) is 7.26. The number of hydrogen-bond donors (Lipinski definition) is 1. The van der Waals surface area contributed by atoms with E-state index in [2.05, 4.69) is 65.5 Å². The Hall–Kier alpha value is -2.37. The Bertz CT molecular complexity index is 1220. The Morgan fingerprint density at radius 1 is 1.03 bits per heavy atom. The van der Waals surface area contributed by atoms with Gasteiger partial charge >= 0.3 is 5.97 Å². The van der Waals surface area contributed by atoms with Gasteiger partial charge in [0.15, 0.2) is 11.6 Å². The fourth-order valence-corrected chi connectivity index (χ4v) is 7.31. The van der Waals surface area contributed by atoms with Gasteiger partial charge in [0, 0.05) is 47.8 Å². The number of hydrogen-bond acceptors (Lipinski definition) is 5. The molecule has 0 saturated heterocycles. The number of ether oxygens (including phenoxy) is 1. The first-order valence-corrected chi connectivity index (χ1v) is 13.9. The van der Waals surface area contributed by atoms with E-state index in [0.717, 1.165) is 17.0 Å². The van der Waals surface area contributed by atoms with Gasteiger partial charge in [-0.15, -0.1) is 6.42 Å². The molecule has 4 rings (SSSR count). The number of aliphatic carboxylic acids is 1. The van der Waals surface area contributed by atoms with Crippen LogP contribution in [-0.4, -0.2) is 40.7 Å². The number of Topliss-reactive ketones (excluding diaryl/α,β-unsaturated/α-hetero) is 2. The van der Waals surface area contributed by atoms with Crippen LogP contribution in [0.5, 0.6) is 5.75 Å². The van der Waals surface area contributed by atoms with Gasteiger partial charge in [0.25, 0.3) is 0 Å². The Balaban J connectivity index is 1.97. The molecule has 6 nitrogen and oxygen atoms in total. The van der Waals surface area contributed by atoms with Gasteiger partial charge in [-0.25, -0.2) is 0 Å². The molecule has 0 aromatic heterocycles. The van der Waals surface area contributed by atoms with Crippen molar-refractivity contribution in [1.82, 2.24) is 4.90 Å². The number of rotatable bonds is 6. The quantitative estimate of drug-likeness (QED) is 0.366. The standard InChI is InChI=1S/C29H31Br2NO5/c1-6-9-37-27-17(30)10-16(11-18(27)31)24-25-19(12-28(2,3)14-21(25)33)32(8-7-23(35)36)20-13-29(4,5)15-22(34)26(20)24/h1,10-11,24H,7-9,12-15H2,2-5H3,(H,35,36). The molecule has 0 atom stereocenters. The minimum Gasteiger partial charge on any atom is -0.481 e. The van der Waals surface area contributed by atoms with E-state index in [9.17, 15) is 19.5 Å². The summed E-state index contributed by atoms with van der Waals surface area (Å²) in [6, 6.07) is 3.78. The second-order valence-electron chi connectivity index (χ2n) is 11.6. The molecule has 0 bridgehead atoms. The molecule has 1 aliphatic heterocycles. The summed E-state index contributed by atoms with van der Waals surface area (Å²) in [4.78, 5) is 41.2. The Morgan fingerprint density at radius 3 is 1.95 bits per heavy atom. The molecule has 0 fully saturated rings. The van der Waals surface area contributed by atoms with E-state index in [0.29, 0.717) is 51.5 Å². The minimum absolute atomic E-state index is 0.000613. The first-order chi connectivity index (χ1) is 17.2. The predicted octanol–water partition coefficient (Wildman–Crippen LogP) is 6.38. The van der Waals surface area contributed by atoms with Crippen LogP contribution >= 0.6 is 31.9 Å². The number of carbonyl (C=O) groups excluding carboxylic acids is 2. The van der Waals surface area contributed by atoms with Gasteiger partial charge in [-0.05, 0) is 73.2 Å². The van der Waals surface area contributed by atoms with Gasteiger partial charge in [0.2, 0.25) is 0 Å². The van der Waals surface area contributed by atoms with Crippen molar-refractivity contribution in [3.8, 4) is 18.1 Å². The van der Waals surface area contributed by atoms with Crippen LogP contribution in [0, 0.1) is 23.2 Å². The van der Waals surface area contributed by atoms with Crippen LogP contribution in [0.4, 0.5) is 0 Å². The lowest BCUT2D eigenvalue weighted by Crippen LogP contribution is -2.45. The maximum absolute atomic E-state index is 13.8. The van der Waals surface area contributed by atoms with E-state index in [-0.39, 0.29) is 42.0 Å². The lowest BCUT2D eigenvalue weighted by atomic mass is 9.63. The fraction of sp³-hybridized carbons (Fsp3) is 0.483. The molecular weight excluding hydrogens is 602 g/mol. The van der Waals surface area contributed by atoms with Crippen LogP contribution in [0.25, 0.3) is 0 Å². The average molecular weight is 633 g/mol. The molecule has 196 valence electrons. The highest BCUT2D eigenvalue weighted by molar-refractivity contribution is 9.11. The first-order valence-electron chi connectivity index (χ1n) is 12.3. The maximum atomic E-state index is 13.8. The molecule has 0 spiro atoms. The molecule has 0 amide bonds. The molecule has 0 unspecified atom stereocenters. The smallest absolute Gasteiger partial charge is 0.305 e. The number of nitrogens with zero attached hydrogens (tertiary/aromatic N) is 1. The van der Waals surface area contributed by atoms with Crippen molar-refractivity contribution in [2.24, 2.45) is 10.8 Å². The monoisotopic (exact) mass is 631 g/mol. The third kappa shape index (κ3) is 5.44. The van der Waals surface area contributed by atoms with Crippen LogP contribution in [0.2, 0.25) is 0 Å². The average Bonchev–Trinajstić information content (AvgIpc) is 2.74. The number of halogens is 2. The number of carboxylic acids is 1. The molecule has 37 heavy (non-hydrogen) atoms. The highest BCUT2D eigenvalue weighted by Crippen LogP contribution is 2.55. The van der Waals surface area contributed by atoms with Gasteiger partial charge in [-0.2, -0.15) is 0 Å². The van der Waals surface area contributed by atoms with E-state index in [1.807, 2.05) is 17.0 Å². The van der Waals surface area contributed by atoms with Crippen molar-refractivity contribution in [3.63, 3.8) is 0 Å². The van der Waals surface area contributed by atoms with Crippen molar-refractivity contribution in [2.75, 3.05) is 13.2 Å². The molecule has 0 saturated carbocycles. The summed E-state index contributed by atoms with van der Waals surface area (Å²) in [5.74, 6) is 1.57. The largest absolute Gasteiger partial charge is 0.481 e. The van der Waals surface area contributed by atoms with Gasteiger partial charge in [-0.1, -0.05) is 33.6 Å². The maximum Gasteiger partial charge on any atom is 0.305 e. The Morgan fingerprint density at radius 2 is 1.51 bits per heavy atom. The fourth-order valence-electron chi connectivity index (χ4n) is 5.86. The van der Waals surface area contributed by atoms with Crippen molar-refractivity contribution in [3.05, 3.63) is 49.2 Å². The molecule has 0 radical (unpaired) electrons. The second kappa shape index (κ2) is 10.1. The Labute approximate surface area is 234 Å². The van der Waals surface area contributed by atoms with Crippen LogP contribution in [-0.2, 0) is 14.4 Å². The Kier molecular flexibility index (Phi) is 7.53. The zero-order chi connectivity index (χ0) is 27.3. The molecule has 1 heterocycles. The predicted molar refractivity (Wildman–Crippen MR) is 148 cm³/mol. The number of terminal acetylenes is 1. The lowest BCUT2D eigenvalue weighted by Gasteiger charge is -2.49. The van der Waals surface area contributed by atoms with Gasteiger partial charge < -0.3 is 14.7 Å². The number of carbonyl (C=O) groups is 3. The van der Waals surface area contributed by atoms with Crippen molar-refractivity contribution in [2.45, 2.75) is 65.7 Å². The molecule has 1 aromatic carbocycles. The molecule has 1 aromatic rings. The zero-order valence-corrected chi connectivity index (χ0v) is 24.7.